The van der Waals surface area contributed by atoms with Crippen molar-refractivity contribution >= 4 is 15.8 Å². The molecule has 0 aromatic carbocycles. The zero-order chi connectivity index (χ0) is 14.6. The van der Waals surface area contributed by atoms with Crippen LogP contribution < -0.4 is 5.73 Å². The van der Waals surface area contributed by atoms with Gasteiger partial charge in [0.25, 0.3) is 0 Å². The highest BCUT2D eigenvalue weighted by atomic mass is 32.2. The lowest BCUT2D eigenvalue weighted by Crippen LogP contribution is -2.36. The third-order valence-corrected chi connectivity index (χ3v) is 5.25. The Hall–Kier alpha value is -1.08. The standard InChI is InChI=1S/C12H24N4O2S/c1-5-8-16-9-11(12(13)14-16)19(17,18)15(4)10(6-2)7-3/h9-10H,5-8H2,1-4H3,(H2,13,14). The van der Waals surface area contributed by atoms with Crippen molar-refractivity contribution in [3.8, 4) is 0 Å². The lowest BCUT2D eigenvalue weighted by molar-refractivity contribution is 0.350. The maximum atomic E-state index is 12.5. The first-order chi connectivity index (χ1) is 8.88. The lowest BCUT2D eigenvalue weighted by Gasteiger charge is -2.24. The average molecular weight is 288 g/mol. The maximum Gasteiger partial charge on any atom is 0.248 e. The second-order valence-electron chi connectivity index (χ2n) is 4.63. The van der Waals surface area contributed by atoms with Crippen molar-refractivity contribution in [2.24, 2.45) is 0 Å². The molecule has 0 bridgehead atoms. The summed E-state index contributed by atoms with van der Waals surface area (Å²) in [5.41, 5.74) is 5.74. The van der Waals surface area contributed by atoms with E-state index in [9.17, 15) is 8.42 Å². The smallest absolute Gasteiger partial charge is 0.248 e. The van der Waals surface area contributed by atoms with Crippen molar-refractivity contribution in [1.29, 1.82) is 0 Å². The first kappa shape index (κ1) is 16.0. The Balaban J connectivity index is 3.12. The zero-order valence-electron chi connectivity index (χ0n) is 12.1. The molecule has 110 valence electrons. The molecule has 1 heterocycles. The summed E-state index contributed by atoms with van der Waals surface area (Å²) >= 11 is 0. The monoisotopic (exact) mass is 288 g/mol. The fourth-order valence-electron chi connectivity index (χ4n) is 2.11. The summed E-state index contributed by atoms with van der Waals surface area (Å²) in [5.74, 6) is 0.0752. The molecule has 0 amide bonds. The van der Waals surface area contributed by atoms with E-state index in [0.717, 1.165) is 19.3 Å². The largest absolute Gasteiger partial charge is 0.381 e. The number of hydrogen-bond donors (Lipinski definition) is 1. The summed E-state index contributed by atoms with van der Waals surface area (Å²) in [6.45, 7) is 6.62. The Bertz CT molecular complexity index is 506. The number of sulfonamides is 1. The van der Waals surface area contributed by atoms with Crippen LogP contribution in [-0.2, 0) is 16.6 Å². The van der Waals surface area contributed by atoms with Crippen molar-refractivity contribution in [1.82, 2.24) is 14.1 Å². The van der Waals surface area contributed by atoms with Crippen LogP contribution in [0.2, 0.25) is 0 Å². The number of anilines is 1. The van der Waals surface area contributed by atoms with Crippen molar-refractivity contribution < 1.29 is 8.42 Å². The number of nitrogens with zero attached hydrogens (tertiary/aromatic N) is 3. The normalized spacial score (nSPS) is 12.5. The van der Waals surface area contributed by atoms with Crippen LogP contribution in [0.25, 0.3) is 0 Å². The van der Waals surface area contributed by atoms with Gasteiger partial charge in [0.2, 0.25) is 10.0 Å². The molecule has 2 N–H and O–H groups in total. The molecule has 0 saturated carbocycles. The topological polar surface area (TPSA) is 81.2 Å². The molecule has 0 fully saturated rings. The molecule has 7 heteroatoms. The van der Waals surface area contributed by atoms with E-state index >= 15 is 0 Å². The number of aromatic nitrogens is 2. The van der Waals surface area contributed by atoms with Gasteiger partial charge in [-0.3, -0.25) is 4.68 Å². The molecule has 6 nitrogen and oxygen atoms in total. The Kier molecular flexibility index (Phi) is 5.37. The number of nitrogen functional groups attached to an aromatic ring is 1. The summed E-state index contributed by atoms with van der Waals surface area (Å²) in [6.07, 6.45) is 3.94. The molecular weight excluding hydrogens is 264 g/mol. The van der Waals surface area contributed by atoms with Gasteiger partial charge in [0.15, 0.2) is 5.82 Å². The molecule has 0 saturated heterocycles. The van der Waals surface area contributed by atoms with Gasteiger partial charge in [-0.05, 0) is 19.3 Å². The zero-order valence-corrected chi connectivity index (χ0v) is 12.9. The summed E-state index contributed by atoms with van der Waals surface area (Å²) in [4.78, 5) is 0.107. The predicted octanol–water partition coefficient (Wildman–Crippen LogP) is 1.68. The van der Waals surface area contributed by atoms with Crippen LogP contribution in [-0.4, -0.2) is 35.6 Å². The SMILES string of the molecule is CCCn1cc(S(=O)(=O)N(C)C(CC)CC)c(N)n1. The van der Waals surface area contributed by atoms with Crippen molar-refractivity contribution in [3.63, 3.8) is 0 Å². The van der Waals surface area contributed by atoms with E-state index in [1.165, 1.54) is 10.5 Å². The predicted molar refractivity (Wildman–Crippen MR) is 76.2 cm³/mol. The van der Waals surface area contributed by atoms with Gasteiger partial charge in [0.1, 0.15) is 4.90 Å². The maximum absolute atomic E-state index is 12.5. The van der Waals surface area contributed by atoms with Crippen LogP contribution in [0.4, 0.5) is 5.82 Å². The van der Waals surface area contributed by atoms with Gasteiger partial charge >= 0.3 is 0 Å². The minimum absolute atomic E-state index is 0.0149. The van der Waals surface area contributed by atoms with Crippen molar-refractivity contribution in [2.75, 3.05) is 12.8 Å². The Labute approximate surface area is 115 Å². The van der Waals surface area contributed by atoms with Crippen LogP contribution in [0.5, 0.6) is 0 Å². The van der Waals surface area contributed by atoms with E-state index < -0.39 is 10.0 Å². The van der Waals surface area contributed by atoms with Crippen LogP contribution in [0.15, 0.2) is 11.1 Å². The molecule has 1 aromatic heterocycles. The van der Waals surface area contributed by atoms with Crippen LogP contribution >= 0.6 is 0 Å². The molecule has 1 aromatic rings. The van der Waals surface area contributed by atoms with Gasteiger partial charge in [0.05, 0.1) is 0 Å². The molecular formula is C12H24N4O2S. The molecule has 1 rings (SSSR count). The quantitative estimate of drug-likeness (QED) is 0.827. The van der Waals surface area contributed by atoms with Gasteiger partial charge in [-0.15, -0.1) is 0 Å². The second-order valence-corrected chi connectivity index (χ2v) is 6.60. The molecule has 0 atom stereocenters. The van der Waals surface area contributed by atoms with Gasteiger partial charge in [-0.1, -0.05) is 20.8 Å². The van der Waals surface area contributed by atoms with Crippen LogP contribution in [0, 0.1) is 0 Å². The van der Waals surface area contributed by atoms with E-state index in [0.29, 0.717) is 6.54 Å². The minimum atomic E-state index is -3.57. The van der Waals surface area contributed by atoms with E-state index in [1.54, 1.807) is 11.7 Å². The van der Waals surface area contributed by atoms with Gasteiger partial charge < -0.3 is 5.73 Å². The third kappa shape index (κ3) is 3.27. The third-order valence-electron chi connectivity index (χ3n) is 3.32. The summed E-state index contributed by atoms with van der Waals surface area (Å²) in [5, 5.41) is 4.05. The fraction of sp³-hybridized carbons (Fsp3) is 0.750. The molecule has 19 heavy (non-hydrogen) atoms. The van der Waals surface area contributed by atoms with E-state index in [2.05, 4.69) is 5.10 Å². The number of nitrogens with two attached hydrogens (primary N) is 1. The van der Waals surface area contributed by atoms with Gasteiger partial charge in [-0.2, -0.15) is 9.40 Å². The summed E-state index contributed by atoms with van der Waals surface area (Å²) in [7, 11) is -1.96. The highest BCUT2D eigenvalue weighted by molar-refractivity contribution is 7.89. The molecule has 0 spiro atoms. The lowest BCUT2D eigenvalue weighted by atomic mass is 10.2. The molecule has 0 radical (unpaired) electrons. The average Bonchev–Trinajstić information content (AvgIpc) is 2.73. The van der Waals surface area contributed by atoms with Crippen LogP contribution in [0.3, 0.4) is 0 Å². The van der Waals surface area contributed by atoms with Gasteiger partial charge in [0, 0.05) is 25.8 Å². The Morgan fingerprint density at radius 3 is 2.42 bits per heavy atom. The highest BCUT2D eigenvalue weighted by Crippen LogP contribution is 2.23. The fourth-order valence-corrected chi connectivity index (χ4v) is 3.68. The first-order valence-electron chi connectivity index (χ1n) is 6.69. The Morgan fingerprint density at radius 1 is 1.37 bits per heavy atom. The summed E-state index contributed by atoms with van der Waals surface area (Å²) < 4.78 is 28.0. The number of rotatable bonds is 7. The molecule has 0 aliphatic rings. The number of aryl methyl sites for hydroxylation is 1. The van der Waals surface area contributed by atoms with E-state index in [-0.39, 0.29) is 16.8 Å². The van der Waals surface area contributed by atoms with Crippen molar-refractivity contribution in [3.05, 3.63) is 6.20 Å². The van der Waals surface area contributed by atoms with Crippen molar-refractivity contribution in [2.45, 2.75) is 57.5 Å². The second kappa shape index (κ2) is 6.38. The highest BCUT2D eigenvalue weighted by Gasteiger charge is 2.29. The molecule has 0 aliphatic heterocycles. The molecule has 0 unspecified atom stereocenters. The van der Waals surface area contributed by atoms with Gasteiger partial charge in [-0.25, -0.2) is 8.42 Å². The summed E-state index contributed by atoms with van der Waals surface area (Å²) in [6, 6.07) is -0.0149. The molecule has 0 aliphatic carbocycles. The van der Waals surface area contributed by atoms with E-state index in [4.69, 9.17) is 5.73 Å². The number of hydrogen-bond acceptors (Lipinski definition) is 4. The Morgan fingerprint density at radius 2 is 1.95 bits per heavy atom. The van der Waals surface area contributed by atoms with Crippen LogP contribution in [0.1, 0.15) is 40.0 Å². The first-order valence-corrected chi connectivity index (χ1v) is 8.13. The van der Waals surface area contributed by atoms with E-state index in [1.807, 2.05) is 20.8 Å². The minimum Gasteiger partial charge on any atom is -0.381 e.